The van der Waals surface area contributed by atoms with E-state index < -0.39 is 5.92 Å². The Labute approximate surface area is 182 Å². The van der Waals surface area contributed by atoms with E-state index in [9.17, 15) is 9.59 Å². The fraction of sp³-hybridized carbons (Fsp3) is 0.231. The van der Waals surface area contributed by atoms with Crippen LogP contribution >= 0.6 is 0 Å². The molecule has 0 aliphatic carbocycles. The topological polar surface area (TPSA) is 67.4 Å². The van der Waals surface area contributed by atoms with E-state index in [-0.39, 0.29) is 17.9 Å². The number of hydrogen-bond donors (Lipinski definition) is 2. The summed E-state index contributed by atoms with van der Waals surface area (Å²) in [6.07, 6.45) is 2.04. The first-order valence-electron chi connectivity index (χ1n) is 10.6. The second kappa shape index (κ2) is 10.0. The Hall–Kier alpha value is -3.44. The van der Waals surface area contributed by atoms with Gasteiger partial charge in [-0.3, -0.25) is 9.59 Å². The highest BCUT2D eigenvalue weighted by molar-refractivity contribution is 6.05. The Bertz CT molecular complexity index is 976. The van der Waals surface area contributed by atoms with Gasteiger partial charge in [-0.25, -0.2) is 0 Å². The molecule has 1 atom stereocenters. The highest BCUT2D eigenvalue weighted by atomic mass is 16.5. The summed E-state index contributed by atoms with van der Waals surface area (Å²) in [7, 11) is 0. The largest absolute Gasteiger partial charge is 0.376 e. The van der Waals surface area contributed by atoms with Gasteiger partial charge in [-0.15, -0.1) is 0 Å². The van der Waals surface area contributed by atoms with Crippen LogP contribution in [0.1, 0.15) is 40.2 Å². The van der Waals surface area contributed by atoms with Crippen molar-refractivity contribution in [3.63, 3.8) is 0 Å². The molecule has 0 saturated carbocycles. The summed E-state index contributed by atoms with van der Waals surface area (Å²) in [4.78, 5) is 26.2. The summed E-state index contributed by atoms with van der Waals surface area (Å²) < 4.78 is 5.58. The van der Waals surface area contributed by atoms with Crippen molar-refractivity contribution < 1.29 is 14.3 Å². The van der Waals surface area contributed by atoms with Crippen molar-refractivity contribution in [1.82, 2.24) is 5.32 Å². The molecule has 5 nitrogen and oxygen atoms in total. The van der Waals surface area contributed by atoms with Crippen molar-refractivity contribution in [1.29, 1.82) is 0 Å². The zero-order valence-electron chi connectivity index (χ0n) is 17.3. The quantitative estimate of drug-likeness (QED) is 0.603. The zero-order valence-corrected chi connectivity index (χ0v) is 17.3. The van der Waals surface area contributed by atoms with E-state index in [1.807, 2.05) is 66.7 Å². The van der Waals surface area contributed by atoms with Crippen molar-refractivity contribution in [2.75, 3.05) is 18.5 Å². The lowest BCUT2D eigenvalue weighted by atomic mass is 9.90. The lowest BCUT2D eigenvalue weighted by molar-refractivity contribution is -0.116. The molecule has 0 spiro atoms. The predicted octanol–water partition coefficient (Wildman–Crippen LogP) is 4.37. The average Bonchev–Trinajstić information content (AvgIpc) is 3.33. The number of hydrogen-bond acceptors (Lipinski definition) is 3. The molecule has 5 heteroatoms. The summed E-state index contributed by atoms with van der Waals surface area (Å²) >= 11 is 0. The SMILES string of the molecule is O=C(NC[C@@H]1CCCO1)c1ccccc1NC(=O)C(c1ccccc1)c1ccccc1. The van der Waals surface area contributed by atoms with Gasteiger partial charge < -0.3 is 15.4 Å². The van der Waals surface area contributed by atoms with E-state index in [4.69, 9.17) is 4.74 Å². The van der Waals surface area contributed by atoms with Crippen LogP contribution in [0.4, 0.5) is 5.69 Å². The maximum Gasteiger partial charge on any atom is 0.253 e. The minimum Gasteiger partial charge on any atom is -0.376 e. The first-order valence-corrected chi connectivity index (χ1v) is 10.6. The number of carbonyl (C=O) groups excluding carboxylic acids is 2. The third-order valence-corrected chi connectivity index (χ3v) is 5.47. The molecule has 1 fully saturated rings. The zero-order chi connectivity index (χ0) is 21.5. The number of nitrogens with one attached hydrogen (secondary N) is 2. The third-order valence-electron chi connectivity index (χ3n) is 5.47. The van der Waals surface area contributed by atoms with Gasteiger partial charge >= 0.3 is 0 Å². The lowest BCUT2D eigenvalue weighted by Gasteiger charge is -2.19. The van der Waals surface area contributed by atoms with Crippen LogP contribution in [-0.2, 0) is 9.53 Å². The molecule has 0 radical (unpaired) electrons. The molecule has 0 unspecified atom stereocenters. The lowest BCUT2D eigenvalue weighted by Crippen LogP contribution is -2.32. The fourth-order valence-corrected chi connectivity index (χ4v) is 3.89. The molecule has 3 aromatic carbocycles. The first kappa shape index (κ1) is 20.8. The van der Waals surface area contributed by atoms with Gasteiger partial charge in [0.25, 0.3) is 5.91 Å². The Morgan fingerprint density at radius 3 is 2.10 bits per heavy atom. The van der Waals surface area contributed by atoms with E-state index in [1.54, 1.807) is 18.2 Å². The number of ether oxygens (including phenoxy) is 1. The van der Waals surface area contributed by atoms with Gasteiger partial charge in [-0.2, -0.15) is 0 Å². The molecule has 1 heterocycles. The number of carbonyl (C=O) groups is 2. The molecule has 0 bridgehead atoms. The number of para-hydroxylation sites is 1. The van der Waals surface area contributed by atoms with Crippen molar-refractivity contribution >= 4 is 17.5 Å². The summed E-state index contributed by atoms with van der Waals surface area (Å²) in [5, 5.41) is 5.92. The fourth-order valence-electron chi connectivity index (χ4n) is 3.89. The highest BCUT2D eigenvalue weighted by Gasteiger charge is 2.24. The van der Waals surface area contributed by atoms with Crippen LogP contribution in [0.15, 0.2) is 84.9 Å². The summed E-state index contributed by atoms with van der Waals surface area (Å²) in [5.74, 6) is -0.885. The smallest absolute Gasteiger partial charge is 0.253 e. The van der Waals surface area contributed by atoms with Crippen LogP contribution in [0, 0.1) is 0 Å². The van der Waals surface area contributed by atoms with Crippen molar-refractivity contribution in [3.05, 3.63) is 102 Å². The van der Waals surface area contributed by atoms with Crippen LogP contribution in [0.5, 0.6) is 0 Å². The third kappa shape index (κ3) is 5.19. The molecule has 4 rings (SSSR count). The number of anilines is 1. The molecule has 1 aliphatic rings. The minimum atomic E-state index is -0.481. The predicted molar refractivity (Wildman–Crippen MR) is 121 cm³/mol. The molecule has 0 aromatic heterocycles. The molecule has 2 amide bonds. The van der Waals surface area contributed by atoms with Gasteiger partial charge in [-0.1, -0.05) is 72.8 Å². The maximum atomic E-state index is 13.4. The van der Waals surface area contributed by atoms with Crippen LogP contribution in [0.25, 0.3) is 0 Å². The van der Waals surface area contributed by atoms with Crippen LogP contribution in [0.2, 0.25) is 0 Å². The molecular weight excluding hydrogens is 388 g/mol. The standard InChI is InChI=1S/C26H26N2O3/c29-25(27-18-21-14-9-17-31-21)22-15-7-8-16-23(22)28-26(30)24(19-10-3-1-4-11-19)20-12-5-2-6-13-20/h1-8,10-13,15-16,21,24H,9,14,17-18H2,(H,27,29)(H,28,30)/t21-/m0/s1. The number of amides is 2. The average molecular weight is 415 g/mol. The Morgan fingerprint density at radius 1 is 0.871 bits per heavy atom. The number of rotatable bonds is 7. The molecule has 158 valence electrons. The molecule has 1 aliphatic heterocycles. The minimum absolute atomic E-state index is 0.0613. The Balaban J connectivity index is 1.54. The van der Waals surface area contributed by atoms with Crippen molar-refractivity contribution in [2.24, 2.45) is 0 Å². The van der Waals surface area contributed by atoms with Gasteiger partial charge in [0.1, 0.15) is 0 Å². The van der Waals surface area contributed by atoms with E-state index in [2.05, 4.69) is 10.6 Å². The van der Waals surface area contributed by atoms with E-state index in [1.165, 1.54) is 0 Å². The molecule has 31 heavy (non-hydrogen) atoms. The van der Waals surface area contributed by atoms with Crippen LogP contribution in [-0.4, -0.2) is 31.1 Å². The van der Waals surface area contributed by atoms with Crippen LogP contribution < -0.4 is 10.6 Å². The normalized spacial score (nSPS) is 15.6. The molecule has 3 aromatic rings. The molecule has 2 N–H and O–H groups in total. The summed E-state index contributed by atoms with van der Waals surface area (Å²) in [6, 6.07) is 26.4. The van der Waals surface area contributed by atoms with Gasteiger partial charge in [0.05, 0.1) is 23.3 Å². The monoisotopic (exact) mass is 414 g/mol. The van der Waals surface area contributed by atoms with E-state index >= 15 is 0 Å². The van der Waals surface area contributed by atoms with E-state index in [0.29, 0.717) is 17.8 Å². The summed E-state index contributed by atoms with van der Waals surface area (Å²) in [5.41, 5.74) is 2.72. The summed E-state index contributed by atoms with van der Waals surface area (Å²) in [6.45, 7) is 1.21. The van der Waals surface area contributed by atoms with Gasteiger partial charge in [0, 0.05) is 13.2 Å². The maximum absolute atomic E-state index is 13.4. The van der Waals surface area contributed by atoms with Crippen molar-refractivity contribution in [3.8, 4) is 0 Å². The second-order valence-corrected chi connectivity index (χ2v) is 7.63. The number of benzene rings is 3. The Morgan fingerprint density at radius 2 is 1.48 bits per heavy atom. The van der Waals surface area contributed by atoms with Gasteiger partial charge in [0.15, 0.2) is 0 Å². The van der Waals surface area contributed by atoms with Crippen molar-refractivity contribution in [2.45, 2.75) is 24.9 Å². The second-order valence-electron chi connectivity index (χ2n) is 7.63. The molecular formula is C26H26N2O3. The van der Waals surface area contributed by atoms with Crippen LogP contribution in [0.3, 0.4) is 0 Å². The van der Waals surface area contributed by atoms with Gasteiger partial charge in [0.2, 0.25) is 5.91 Å². The van der Waals surface area contributed by atoms with Gasteiger partial charge in [-0.05, 0) is 36.1 Å². The Kier molecular flexibility index (Phi) is 6.75. The molecule has 1 saturated heterocycles. The first-order chi connectivity index (χ1) is 15.2. The highest BCUT2D eigenvalue weighted by Crippen LogP contribution is 2.27. The van der Waals surface area contributed by atoms with E-state index in [0.717, 1.165) is 30.6 Å².